The fraction of sp³-hybridized carbons (Fsp3) is 0.818. The molecule has 0 aromatic heterocycles. The summed E-state index contributed by atoms with van der Waals surface area (Å²) in [7, 11) is 0. The van der Waals surface area contributed by atoms with Gasteiger partial charge in [0.15, 0.2) is 0 Å². The summed E-state index contributed by atoms with van der Waals surface area (Å²) in [6.45, 7) is 2.26. The molecule has 0 aliphatic heterocycles. The maximum atomic E-state index is 11.1. The predicted molar refractivity (Wildman–Crippen MR) is 57.9 cm³/mol. The van der Waals surface area contributed by atoms with E-state index in [0.29, 0.717) is 6.42 Å². The van der Waals surface area contributed by atoms with Gasteiger partial charge in [-0.05, 0) is 18.7 Å². The monoisotopic (exact) mass is 237 g/mol. The predicted octanol–water partition coefficient (Wildman–Crippen LogP) is -1.42. The molecule has 0 spiro atoms. The Morgan fingerprint density at radius 2 is 1.81 bits per heavy atom. The van der Waals surface area contributed by atoms with Crippen molar-refractivity contribution in [1.82, 2.24) is 0 Å². The summed E-state index contributed by atoms with van der Waals surface area (Å²) in [5.74, 6) is -1.07. The second-order valence-corrected chi connectivity index (χ2v) is 3.58. The van der Waals surface area contributed by atoms with Gasteiger partial charge in [0.2, 0.25) is 0 Å². The van der Waals surface area contributed by atoms with E-state index in [0.717, 1.165) is 12.8 Å². The van der Waals surface area contributed by atoms with Gasteiger partial charge in [-0.3, -0.25) is 4.79 Å². The molecule has 0 unspecified atom stereocenters. The van der Waals surface area contributed by atoms with E-state index in [1.807, 2.05) is 0 Å². The number of carboxylic acid groups (broad SMARTS) is 1. The first-order chi connectivity index (χ1) is 7.16. The van der Waals surface area contributed by atoms with Crippen LogP contribution in [0.5, 0.6) is 0 Å². The number of carboxylic acids is 1. The average molecular weight is 237 g/mol. The molecule has 88 valence electrons. The number of carbonyl (C=O) groups is 1. The fourth-order valence-electron chi connectivity index (χ4n) is 1.24. The Morgan fingerprint density at radius 3 is 2.38 bits per heavy atom. The third-order valence-electron chi connectivity index (χ3n) is 2.11. The molecule has 16 heavy (non-hydrogen) atoms. The Kier molecular flexibility index (Phi) is 14.9. The number of rotatable bonds is 9. The Labute approximate surface area is 119 Å². The van der Waals surface area contributed by atoms with Gasteiger partial charge in [0.1, 0.15) is 0 Å². The van der Waals surface area contributed by atoms with Gasteiger partial charge in [-0.2, -0.15) is 0 Å². The zero-order valence-corrected chi connectivity index (χ0v) is 12.4. The molecule has 0 atom stereocenters. The van der Waals surface area contributed by atoms with E-state index < -0.39 is 5.97 Å². The van der Waals surface area contributed by atoms with Gasteiger partial charge < -0.3 is 15.2 Å². The first-order valence-corrected chi connectivity index (χ1v) is 5.59. The zero-order chi connectivity index (χ0) is 11.5. The van der Waals surface area contributed by atoms with E-state index in [4.69, 9.17) is 5.11 Å². The van der Waals surface area contributed by atoms with Crippen LogP contribution < -0.4 is 34.7 Å². The van der Waals surface area contributed by atoms with Crippen molar-refractivity contribution < 1.29 is 44.6 Å². The van der Waals surface area contributed by atoms with Crippen molar-refractivity contribution >= 4 is 11.9 Å². The smallest absolute Gasteiger partial charge is 0.862 e. The molecule has 0 aliphatic rings. The van der Waals surface area contributed by atoms with Crippen LogP contribution in [0.15, 0.2) is 4.99 Å². The molecule has 5 heteroatoms. The number of unbranched alkanes of at least 4 members (excludes halogenated alkanes) is 4. The van der Waals surface area contributed by atoms with Gasteiger partial charge in [-0.1, -0.05) is 32.6 Å². The number of hydrogen-bond acceptors (Lipinski definition) is 3. The minimum atomic E-state index is -0.908. The number of hydrogen-bond donors (Lipinski definition) is 1. The van der Waals surface area contributed by atoms with Crippen LogP contribution in [0.4, 0.5) is 0 Å². The minimum absolute atomic E-state index is 0. The van der Waals surface area contributed by atoms with Gasteiger partial charge in [-0.25, -0.2) is 0 Å². The van der Waals surface area contributed by atoms with E-state index in [1.54, 1.807) is 0 Å². The fourth-order valence-corrected chi connectivity index (χ4v) is 1.24. The second kappa shape index (κ2) is 13.0. The van der Waals surface area contributed by atoms with E-state index in [1.165, 1.54) is 19.3 Å². The topological polar surface area (TPSA) is 72.7 Å². The first kappa shape index (κ1) is 18.3. The summed E-state index contributed by atoms with van der Waals surface area (Å²) < 4.78 is 0. The Hall–Kier alpha value is -0.0600. The summed E-state index contributed by atoms with van der Waals surface area (Å²) in [6.07, 6.45) is 5.91. The van der Waals surface area contributed by atoms with Gasteiger partial charge in [0.05, 0.1) is 6.42 Å². The van der Waals surface area contributed by atoms with Crippen LogP contribution >= 0.6 is 0 Å². The molecule has 0 radical (unpaired) electrons. The van der Waals surface area contributed by atoms with Crippen molar-refractivity contribution in [2.24, 2.45) is 4.99 Å². The van der Waals surface area contributed by atoms with E-state index in [9.17, 15) is 9.90 Å². The zero-order valence-electron chi connectivity index (χ0n) is 10.4. The molecular formula is C11H20NNaO3. The summed E-state index contributed by atoms with van der Waals surface area (Å²) in [5, 5.41) is 19.4. The van der Waals surface area contributed by atoms with Crippen molar-refractivity contribution in [3.8, 4) is 0 Å². The molecule has 4 nitrogen and oxygen atoms in total. The standard InChI is InChI=1S/C11H21NO3.Na/c1-2-3-4-5-6-7-10(13)12-9-8-11(14)15;/h2-9H2,1H3,(H,12,13)(H,14,15);/q;+1/p-1. The van der Waals surface area contributed by atoms with E-state index >= 15 is 0 Å². The number of aliphatic imine (C=N–C) groups is 1. The van der Waals surface area contributed by atoms with Crippen LogP contribution in [0.1, 0.15) is 51.9 Å². The van der Waals surface area contributed by atoms with Gasteiger partial charge in [0.25, 0.3) is 0 Å². The maximum absolute atomic E-state index is 11.1. The van der Waals surface area contributed by atoms with Crippen LogP contribution in [0.3, 0.4) is 0 Å². The third-order valence-corrected chi connectivity index (χ3v) is 2.11. The number of nitrogens with zero attached hydrogens (tertiary/aromatic N) is 1. The summed E-state index contributed by atoms with van der Waals surface area (Å²) in [5.41, 5.74) is 0. The van der Waals surface area contributed by atoms with Crippen molar-refractivity contribution in [1.29, 1.82) is 0 Å². The van der Waals surface area contributed by atoms with Crippen LogP contribution in [0.2, 0.25) is 0 Å². The molecular weight excluding hydrogens is 217 g/mol. The molecule has 0 bridgehead atoms. The van der Waals surface area contributed by atoms with Crippen LogP contribution in [-0.4, -0.2) is 23.5 Å². The van der Waals surface area contributed by atoms with Crippen molar-refractivity contribution in [3.05, 3.63) is 0 Å². The third kappa shape index (κ3) is 13.9. The molecule has 1 N–H and O–H groups in total. The molecule has 0 heterocycles. The summed E-state index contributed by atoms with van der Waals surface area (Å²) in [4.78, 5) is 13.8. The Morgan fingerprint density at radius 1 is 1.19 bits per heavy atom. The molecule has 0 saturated carbocycles. The van der Waals surface area contributed by atoms with Crippen LogP contribution in [-0.2, 0) is 4.79 Å². The van der Waals surface area contributed by atoms with Crippen LogP contribution in [0.25, 0.3) is 0 Å². The molecule has 0 rings (SSSR count). The minimum Gasteiger partial charge on any atom is -0.862 e. The normalized spacial score (nSPS) is 10.9. The largest absolute Gasteiger partial charge is 1.00 e. The van der Waals surface area contributed by atoms with Crippen molar-refractivity contribution in [2.45, 2.75) is 51.9 Å². The average Bonchev–Trinajstić information content (AvgIpc) is 2.17. The molecule has 0 aliphatic carbocycles. The van der Waals surface area contributed by atoms with Crippen molar-refractivity contribution in [3.63, 3.8) is 0 Å². The molecule has 0 saturated heterocycles. The van der Waals surface area contributed by atoms with Gasteiger partial charge >= 0.3 is 35.5 Å². The quantitative estimate of drug-likeness (QED) is 0.232. The second-order valence-electron chi connectivity index (χ2n) is 3.58. The SMILES string of the molecule is CCCCCCCC([O-])=NCCC(=O)O.[Na+]. The molecule has 0 aromatic carbocycles. The summed E-state index contributed by atoms with van der Waals surface area (Å²) >= 11 is 0. The van der Waals surface area contributed by atoms with Gasteiger partial charge in [-0.15, -0.1) is 0 Å². The molecule has 0 fully saturated rings. The van der Waals surface area contributed by atoms with Crippen LogP contribution in [0, 0.1) is 0 Å². The number of aliphatic carboxylic acids is 1. The van der Waals surface area contributed by atoms with E-state index in [-0.39, 0.29) is 48.4 Å². The molecule has 0 aromatic rings. The first-order valence-electron chi connectivity index (χ1n) is 5.59. The van der Waals surface area contributed by atoms with E-state index in [2.05, 4.69) is 11.9 Å². The maximum Gasteiger partial charge on any atom is 1.00 e. The molecule has 0 amide bonds. The summed E-state index contributed by atoms with van der Waals surface area (Å²) in [6, 6.07) is 0. The van der Waals surface area contributed by atoms with Crippen molar-refractivity contribution in [2.75, 3.05) is 6.54 Å². The Bertz CT molecular complexity index is 207. The van der Waals surface area contributed by atoms with Gasteiger partial charge in [0, 0.05) is 6.54 Å². The Balaban J connectivity index is 0.